The minimum absolute atomic E-state index is 0.0206. The predicted octanol–water partition coefficient (Wildman–Crippen LogP) is 11.2. The first kappa shape index (κ1) is 34.1. The maximum absolute atomic E-state index is 13.6. The van der Waals surface area contributed by atoms with Gasteiger partial charge in [-0.25, -0.2) is 0 Å². The molecule has 0 atom stereocenters. The fraction of sp³-hybridized carbons (Fsp3) is 0.381. The third kappa shape index (κ3) is 6.37. The van der Waals surface area contributed by atoms with Gasteiger partial charge in [-0.1, -0.05) is 95.2 Å². The van der Waals surface area contributed by atoms with Gasteiger partial charge in [-0.2, -0.15) is 0 Å². The number of thiophene rings is 2. The van der Waals surface area contributed by atoms with E-state index >= 15 is 0 Å². The molecule has 2 aliphatic heterocycles. The Morgan fingerprint density at radius 3 is 1.17 bits per heavy atom. The van der Waals surface area contributed by atoms with Crippen LogP contribution >= 0.6 is 22.7 Å². The van der Waals surface area contributed by atoms with Gasteiger partial charge in [0.25, 0.3) is 5.91 Å². The van der Waals surface area contributed by atoms with Gasteiger partial charge in [-0.05, 0) is 104 Å². The Morgan fingerprint density at radius 1 is 0.479 bits per heavy atom. The van der Waals surface area contributed by atoms with Crippen molar-refractivity contribution in [3.05, 3.63) is 104 Å². The molecule has 1 amide bonds. The summed E-state index contributed by atoms with van der Waals surface area (Å²) in [5.74, 6) is 0.0943. The Labute approximate surface area is 294 Å². The summed E-state index contributed by atoms with van der Waals surface area (Å²) in [5.41, 5.74) is 10.3. The lowest BCUT2D eigenvalue weighted by atomic mass is 9.79. The molecule has 0 unspecified atom stereocenters. The Kier molecular flexibility index (Phi) is 8.12. The van der Waals surface area contributed by atoms with Crippen LogP contribution in [0.3, 0.4) is 0 Å². The molecule has 2 aromatic heterocycles. The van der Waals surface area contributed by atoms with Crippen LogP contribution in [0, 0.1) is 5.41 Å². The summed E-state index contributed by atoms with van der Waals surface area (Å²) >= 11 is 3.33. The van der Waals surface area contributed by atoms with Gasteiger partial charge in [0.1, 0.15) is 5.84 Å². The van der Waals surface area contributed by atoms with Crippen LogP contribution in [0.2, 0.25) is 0 Å². The molecule has 0 saturated carbocycles. The molecule has 4 heterocycles. The minimum atomic E-state index is -0.163. The van der Waals surface area contributed by atoms with E-state index < -0.39 is 0 Å². The second-order valence-corrected chi connectivity index (χ2v) is 19.5. The van der Waals surface area contributed by atoms with Crippen LogP contribution < -0.4 is 10.6 Å². The lowest BCUT2D eigenvalue weighted by molar-refractivity contribution is -0.115. The highest BCUT2D eigenvalue weighted by molar-refractivity contribution is 7.17. The SMILES string of the molecule is CC(C)(C)c1cc(-c2ccc(C3=C4C(=N)NC(c5ccc(-c6cc(C(C)(C)C)cc(C(C)(C)C)c6)s5)=C4C(=O)N3)s2)cc(C(C)(C)C)c1. The molecule has 6 heteroatoms. The standard InChI is InChI=1S/C42H49N3OS2/c1-39(2,3)25-17-23(18-26(21-25)40(4,5)6)29-13-15-31(47-29)35-33-34(38(46)45-35)36(44-37(33)43)32-16-14-30(48-32)24-19-27(41(7,8)9)22-28(20-24)42(10,11)12/h13-22H,1-12H3,(H2,43,44)(H,45,46). The summed E-state index contributed by atoms with van der Waals surface area (Å²) in [6, 6.07) is 22.3. The lowest BCUT2D eigenvalue weighted by Crippen LogP contribution is -2.20. The third-order valence-electron chi connectivity index (χ3n) is 9.32. The lowest BCUT2D eigenvalue weighted by Gasteiger charge is -2.26. The average molecular weight is 676 g/mol. The van der Waals surface area contributed by atoms with Crippen molar-refractivity contribution in [2.45, 2.75) is 105 Å². The smallest absolute Gasteiger partial charge is 0.258 e. The zero-order valence-electron chi connectivity index (χ0n) is 30.5. The van der Waals surface area contributed by atoms with Crippen molar-refractivity contribution in [1.29, 1.82) is 5.41 Å². The normalized spacial score (nSPS) is 15.8. The van der Waals surface area contributed by atoms with E-state index in [2.05, 4.69) is 154 Å². The van der Waals surface area contributed by atoms with Crippen LogP contribution in [0.15, 0.2) is 71.8 Å². The molecule has 0 saturated heterocycles. The molecule has 48 heavy (non-hydrogen) atoms. The molecular formula is C42H49N3OS2. The highest BCUT2D eigenvalue weighted by Gasteiger charge is 2.40. The quantitative estimate of drug-likeness (QED) is 0.202. The third-order valence-corrected chi connectivity index (χ3v) is 11.6. The molecule has 0 bridgehead atoms. The van der Waals surface area contributed by atoms with Crippen LogP contribution in [-0.2, 0) is 26.5 Å². The number of hydrogen-bond donors (Lipinski definition) is 3. The monoisotopic (exact) mass is 675 g/mol. The van der Waals surface area contributed by atoms with E-state index in [0.717, 1.165) is 19.5 Å². The van der Waals surface area contributed by atoms with Gasteiger partial charge in [0.2, 0.25) is 0 Å². The van der Waals surface area contributed by atoms with Crippen molar-refractivity contribution in [3.8, 4) is 20.9 Å². The number of carbonyl (C=O) groups is 1. The molecule has 250 valence electrons. The van der Waals surface area contributed by atoms with Crippen molar-refractivity contribution >= 4 is 45.8 Å². The van der Waals surface area contributed by atoms with Crippen molar-refractivity contribution in [2.24, 2.45) is 0 Å². The van der Waals surface area contributed by atoms with Gasteiger partial charge in [0, 0.05) is 9.75 Å². The molecule has 3 N–H and O–H groups in total. The van der Waals surface area contributed by atoms with E-state index in [1.165, 1.54) is 33.4 Å². The van der Waals surface area contributed by atoms with Crippen molar-refractivity contribution in [3.63, 3.8) is 0 Å². The first-order valence-electron chi connectivity index (χ1n) is 16.8. The maximum atomic E-state index is 13.6. The van der Waals surface area contributed by atoms with Crippen molar-refractivity contribution in [1.82, 2.24) is 10.6 Å². The van der Waals surface area contributed by atoms with E-state index in [1.807, 2.05) is 0 Å². The fourth-order valence-electron chi connectivity index (χ4n) is 6.11. The zero-order chi connectivity index (χ0) is 35.1. The zero-order valence-corrected chi connectivity index (χ0v) is 32.1. The van der Waals surface area contributed by atoms with Crippen LogP contribution in [0.4, 0.5) is 0 Å². The summed E-state index contributed by atoms with van der Waals surface area (Å²) < 4.78 is 0. The number of hydrogen-bond acceptors (Lipinski definition) is 4. The summed E-state index contributed by atoms with van der Waals surface area (Å²) in [7, 11) is 0. The summed E-state index contributed by atoms with van der Waals surface area (Å²) in [4.78, 5) is 17.8. The van der Waals surface area contributed by atoms with Crippen LogP contribution in [0.5, 0.6) is 0 Å². The fourth-order valence-corrected chi connectivity index (χ4v) is 8.11. The van der Waals surface area contributed by atoms with Gasteiger partial charge in [-0.15, -0.1) is 22.7 Å². The van der Waals surface area contributed by atoms with E-state index in [4.69, 9.17) is 5.41 Å². The number of fused-ring (bicyclic) bond motifs is 1. The number of benzene rings is 2. The molecule has 4 nitrogen and oxygen atoms in total. The highest BCUT2D eigenvalue weighted by Crippen LogP contribution is 2.44. The van der Waals surface area contributed by atoms with Crippen LogP contribution in [0.1, 0.15) is 115 Å². The van der Waals surface area contributed by atoms with E-state index in [0.29, 0.717) is 22.5 Å². The Balaban J connectivity index is 1.39. The molecule has 0 aliphatic carbocycles. The number of amidine groups is 1. The topological polar surface area (TPSA) is 65.0 Å². The summed E-state index contributed by atoms with van der Waals surface area (Å²) in [6.45, 7) is 27.1. The predicted molar refractivity (Wildman–Crippen MR) is 207 cm³/mol. The molecule has 4 aromatic rings. The number of rotatable bonds is 4. The molecule has 0 radical (unpaired) electrons. The van der Waals surface area contributed by atoms with E-state index in [9.17, 15) is 4.79 Å². The molecule has 6 rings (SSSR count). The van der Waals surface area contributed by atoms with Crippen LogP contribution in [0.25, 0.3) is 32.3 Å². The van der Waals surface area contributed by atoms with Gasteiger partial charge < -0.3 is 10.6 Å². The van der Waals surface area contributed by atoms with E-state index in [1.54, 1.807) is 22.7 Å². The summed E-state index contributed by atoms with van der Waals surface area (Å²) in [5, 5.41) is 15.4. The highest BCUT2D eigenvalue weighted by atomic mass is 32.1. The number of nitrogens with one attached hydrogen (secondary N) is 3. The Bertz CT molecular complexity index is 1830. The van der Waals surface area contributed by atoms with Crippen molar-refractivity contribution < 1.29 is 4.79 Å². The maximum Gasteiger partial charge on any atom is 0.258 e. The molecule has 2 aromatic carbocycles. The second kappa shape index (κ2) is 11.4. The average Bonchev–Trinajstić information content (AvgIpc) is 3.77. The first-order chi connectivity index (χ1) is 22.1. The Morgan fingerprint density at radius 2 is 0.812 bits per heavy atom. The van der Waals surface area contributed by atoms with Gasteiger partial charge >= 0.3 is 0 Å². The van der Waals surface area contributed by atoms with Gasteiger partial charge in [0.15, 0.2) is 0 Å². The second-order valence-electron chi connectivity index (χ2n) is 17.4. The van der Waals surface area contributed by atoms with Gasteiger partial charge in [-0.3, -0.25) is 10.2 Å². The molecule has 0 fully saturated rings. The van der Waals surface area contributed by atoms with Crippen molar-refractivity contribution in [2.75, 3.05) is 0 Å². The first-order valence-corrected chi connectivity index (χ1v) is 18.4. The molecule has 2 aliphatic rings. The number of amides is 1. The number of carbonyl (C=O) groups excluding carboxylic acids is 1. The van der Waals surface area contributed by atoms with E-state index in [-0.39, 0.29) is 33.4 Å². The largest absolute Gasteiger partial charge is 0.338 e. The Hall–Kier alpha value is -3.74. The molecular weight excluding hydrogens is 627 g/mol. The molecule has 0 spiro atoms. The minimum Gasteiger partial charge on any atom is -0.338 e. The van der Waals surface area contributed by atoms with Gasteiger partial charge in [0.05, 0.1) is 32.3 Å². The summed E-state index contributed by atoms with van der Waals surface area (Å²) in [6.07, 6.45) is 0. The van der Waals surface area contributed by atoms with Crippen LogP contribution in [-0.4, -0.2) is 11.7 Å².